The van der Waals surface area contributed by atoms with Crippen LogP contribution in [0.1, 0.15) is 71.3 Å². The second-order valence-corrected chi connectivity index (χ2v) is 12.9. The zero-order valence-electron chi connectivity index (χ0n) is 26.3. The number of rotatable bonds is 10. The first kappa shape index (κ1) is 31.3. The van der Waals surface area contributed by atoms with E-state index in [1.807, 2.05) is 55.5 Å². The number of fused-ring (bicyclic) bond motifs is 1. The number of nitrogens with zero attached hydrogens (tertiary/aromatic N) is 1. The Bertz CT molecular complexity index is 1490. The highest BCUT2D eigenvalue weighted by Gasteiger charge is 2.45. The molecule has 3 aliphatic rings. The van der Waals surface area contributed by atoms with Gasteiger partial charge in [0.2, 0.25) is 0 Å². The standard InChI is InChI=1S/C37H45N3O5/c1-3-26-13-14-33-29(20-26)31(22-37(45-33)15-8-16-37)38-23-32(41)30(21-27-10-5-4-6-11-27)39-35(42)34-24-40(17-18-44-34)36(43)28-12-7-9-25(2)19-28/h4-7,9-14,19-20,30-32,34,38,41H,3,8,15-18,21-24H2,1-2H3,(H,39,42)/t30-,31?,32+,34-/m0/s1. The van der Waals surface area contributed by atoms with E-state index in [1.54, 1.807) is 11.0 Å². The van der Waals surface area contributed by atoms with Crippen molar-refractivity contribution in [1.82, 2.24) is 15.5 Å². The maximum Gasteiger partial charge on any atom is 0.254 e. The van der Waals surface area contributed by atoms with Crippen molar-refractivity contribution in [1.29, 1.82) is 0 Å². The quantitative estimate of drug-likeness (QED) is 0.312. The van der Waals surface area contributed by atoms with Crippen LogP contribution in [0, 0.1) is 6.92 Å². The number of aliphatic hydroxyl groups is 1. The van der Waals surface area contributed by atoms with Gasteiger partial charge in [-0.2, -0.15) is 0 Å². The molecule has 238 valence electrons. The summed E-state index contributed by atoms with van der Waals surface area (Å²) >= 11 is 0. The molecule has 4 atom stereocenters. The van der Waals surface area contributed by atoms with E-state index in [0.29, 0.717) is 25.1 Å². The van der Waals surface area contributed by atoms with E-state index in [9.17, 15) is 14.7 Å². The van der Waals surface area contributed by atoms with Gasteiger partial charge in [0.1, 0.15) is 11.4 Å². The number of amides is 2. The van der Waals surface area contributed by atoms with E-state index in [4.69, 9.17) is 9.47 Å². The number of aryl methyl sites for hydroxylation is 2. The minimum absolute atomic E-state index is 0.0474. The Hall–Kier alpha value is -3.72. The first-order chi connectivity index (χ1) is 21.8. The van der Waals surface area contributed by atoms with E-state index >= 15 is 0 Å². The fourth-order valence-electron chi connectivity index (χ4n) is 6.78. The van der Waals surface area contributed by atoms with Crippen LogP contribution in [-0.4, -0.2) is 71.9 Å². The lowest BCUT2D eigenvalue weighted by Gasteiger charge is -2.48. The van der Waals surface area contributed by atoms with E-state index in [0.717, 1.165) is 48.1 Å². The number of nitrogens with one attached hydrogen (secondary N) is 2. The lowest BCUT2D eigenvalue weighted by atomic mass is 9.72. The number of hydrogen-bond acceptors (Lipinski definition) is 6. The molecule has 2 heterocycles. The molecule has 0 radical (unpaired) electrons. The first-order valence-corrected chi connectivity index (χ1v) is 16.4. The second-order valence-electron chi connectivity index (χ2n) is 12.9. The SMILES string of the molecule is CCc1ccc2c(c1)C(NC[C@@H](O)[C@H](Cc1ccccc1)NC(=O)[C@@H]1CN(C(=O)c3cccc(C)c3)CCO1)CC1(CCC1)O2. The molecule has 3 aromatic carbocycles. The molecule has 2 amide bonds. The third kappa shape index (κ3) is 7.24. The van der Waals surface area contributed by atoms with Crippen molar-refractivity contribution in [3.8, 4) is 5.75 Å². The zero-order chi connectivity index (χ0) is 31.4. The molecular formula is C37H45N3O5. The minimum Gasteiger partial charge on any atom is -0.487 e. The van der Waals surface area contributed by atoms with Gasteiger partial charge in [-0.1, -0.05) is 67.1 Å². The van der Waals surface area contributed by atoms with Crippen molar-refractivity contribution in [2.75, 3.05) is 26.2 Å². The number of ether oxygens (including phenoxy) is 2. The molecule has 1 saturated heterocycles. The molecule has 2 aliphatic heterocycles. The summed E-state index contributed by atoms with van der Waals surface area (Å²) in [6.45, 7) is 5.26. The number of morpholine rings is 1. The highest BCUT2D eigenvalue weighted by atomic mass is 16.5. The highest BCUT2D eigenvalue weighted by Crippen LogP contribution is 2.49. The van der Waals surface area contributed by atoms with Crippen LogP contribution in [0.2, 0.25) is 0 Å². The van der Waals surface area contributed by atoms with Crippen molar-refractivity contribution in [2.24, 2.45) is 0 Å². The molecule has 2 fully saturated rings. The van der Waals surface area contributed by atoms with Gasteiger partial charge >= 0.3 is 0 Å². The topological polar surface area (TPSA) is 100 Å². The number of benzene rings is 3. The Labute approximate surface area is 266 Å². The number of hydrogen-bond donors (Lipinski definition) is 3. The summed E-state index contributed by atoms with van der Waals surface area (Å²) in [5.41, 5.74) is 4.88. The third-order valence-corrected chi connectivity index (χ3v) is 9.60. The van der Waals surface area contributed by atoms with Crippen molar-refractivity contribution in [2.45, 2.75) is 82.3 Å². The van der Waals surface area contributed by atoms with E-state index in [2.05, 4.69) is 35.8 Å². The molecule has 0 aromatic heterocycles. The zero-order valence-corrected chi connectivity index (χ0v) is 26.3. The molecule has 8 heteroatoms. The molecule has 1 spiro atoms. The van der Waals surface area contributed by atoms with E-state index in [1.165, 1.54) is 12.0 Å². The van der Waals surface area contributed by atoms with Crippen LogP contribution in [-0.2, 0) is 22.4 Å². The van der Waals surface area contributed by atoms with Gasteiger partial charge in [0.05, 0.1) is 25.3 Å². The van der Waals surface area contributed by atoms with Gasteiger partial charge in [0, 0.05) is 36.7 Å². The Morgan fingerprint density at radius 1 is 1.04 bits per heavy atom. The maximum absolute atomic E-state index is 13.6. The van der Waals surface area contributed by atoms with Gasteiger partial charge in [-0.15, -0.1) is 0 Å². The largest absolute Gasteiger partial charge is 0.487 e. The lowest BCUT2D eigenvalue weighted by molar-refractivity contribution is -0.138. The number of aliphatic hydroxyl groups excluding tert-OH is 1. The van der Waals surface area contributed by atoms with Gasteiger partial charge in [-0.25, -0.2) is 0 Å². The van der Waals surface area contributed by atoms with Crippen molar-refractivity contribution >= 4 is 11.8 Å². The predicted octanol–water partition coefficient (Wildman–Crippen LogP) is 4.52. The first-order valence-electron chi connectivity index (χ1n) is 16.4. The molecule has 45 heavy (non-hydrogen) atoms. The summed E-state index contributed by atoms with van der Waals surface area (Å²) < 4.78 is 12.3. The van der Waals surface area contributed by atoms with Crippen LogP contribution in [0.5, 0.6) is 5.75 Å². The van der Waals surface area contributed by atoms with E-state index < -0.39 is 18.2 Å². The summed E-state index contributed by atoms with van der Waals surface area (Å²) in [5.74, 6) is 0.490. The second kappa shape index (κ2) is 13.7. The van der Waals surface area contributed by atoms with Crippen molar-refractivity contribution in [3.05, 3.63) is 101 Å². The minimum atomic E-state index is -0.860. The molecule has 0 bridgehead atoms. The normalized spacial score (nSPS) is 21.6. The molecule has 8 nitrogen and oxygen atoms in total. The molecule has 3 aromatic rings. The molecule has 1 unspecified atom stereocenters. The molecule has 3 N–H and O–H groups in total. The van der Waals surface area contributed by atoms with Crippen LogP contribution in [0.3, 0.4) is 0 Å². The molecule has 6 rings (SSSR count). The van der Waals surface area contributed by atoms with Crippen LogP contribution in [0.4, 0.5) is 0 Å². The summed E-state index contributed by atoms with van der Waals surface area (Å²) in [6.07, 6.45) is 3.83. The van der Waals surface area contributed by atoms with Crippen LogP contribution in [0.25, 0.3) is 0 Å². The Morgan fingerprint density at radius 3 is 2.60 bits per heavy atom. The molecular weight excluding hydrogens is 566 g/mol. The fraction of sp³-hybridized carbons (Fsp3) is 0.459. The smallest absolute Gasteiger partial charge is 0.254 e. The summed E-state index contributed by atoms with van der Waals surface area (Å²) in [5, 5.41) is 18.3. The van der Waals surface area contributed by atoms with Crippen LogP contribution < -0.4 is 15.4 Å². The summed E-state index contributed by atoms with van der Waals surface area (Å²) in [4.78, 5) is 28.5. The van der Waals surface area contributed by atoms with Crippen molar-refractivity contribution in [3.63, 3.8) is 0 Å². The number of carbonyl (C=O) groups excluding carboxylic acids is 2. The van der Waals surface area contributed by atoms with Gasteiger partial charge in [-0.05, 0) is 68.4 Å². The molecule has 1 saturated carbocycles. The fourth-order valence-corrected chi connectivity index (χ4v) is 6.78. The van der Waals surface area contributed by atoms with Gasteiger partial charge in [0.25, 0.3) is 11.8 Å². The molecule has 1 aliphatic carbocycles. The number of carbonyl (C=O) groups is 2. The highest BCUT2D eigenvalue weighted by molar-refractivity contribution is 5.95. The average Bonchev–Trinajstić information content (AvgIpc) is 3.05. The monoisotopic (exact) mass is 611 g/mol. The lowest BCUT2D eigenvalue weighted by Crippen LogP contribution is -2.56. The summed E-state index contributed by atoms with van der Waals surface area (Å²) in [6, 6.07) is 23.3. The average molecular weight is 612 g/mol. The van der Waals surface area contributed by atoms with Crippen LogP contribution in [0.15, 0.2) is 72.8 Å². The predicted molar refractivity (Wildman–Crippen MR) is 173 cm³/mol. The Balaban J connectivity index is 1.14. The van der Waals surface area contributed by atoms with Gasteiger partial charge in [-0.3, -0.25) is 9.59 Å². The Kier molecular flexibility index (Phi) is 9.54. The van der Waals surface area contributed by atoms with E-state index in [-0.39, 0.29) is 36.6 Å². The van der Waals surface area contributed by atoms with Gasteiger partial charge < -0.3 is 30.1 Å². The third-order valence-electron chi connectivity index (χ3n) is 9.60. The van der Waals surface area contributed by atoms with Crippen LogP contribution >= 0.6 is 0 Å². The Morgan fingerprint density at radius 2 is 1.87 bits per heavy atom. The van der Waals surface area contributed by atoms with Crippen molar-refractivity contribution < 1.29 is 24.2 Å². The van der Waals surface area contributed by atoms with Gasteiger partial charge in [0.15, 0.2) is 6.10 Å². The maximum atomic E-state index is 13.6. The summed E-state index contributed by atoms with van der Waals surface area (Å²) in [7, 11) is 0.